The van der Waals surface area contributed by atoms with Gasteiger partial charge in [-0.2, -0.15) is 0 Å². The highest BCUT2D eigenvalue weighted by molar-refractivity contribution is 5.57. The molecule has 2 atom stereocenters. The number of aryl methyl sites for hydroxylation is 1. The maximum Gasteiger partial charge on any atom is 0.160 e. The largest absolute Gasteiger partial charge is 0.493 e. The summed E-state index contributed by atoms with van der Waals surface area (Å²) in [4.78, 5) is 4.21. The second-order valence-corrected chi connectivity index (χ2v) is 4.18. The molecule has 1 N–H and O–H groups in total. The first-order chi connectivity index (χ1) is 7.24. The molecule has 0 bridgehead atoms. The number of pyridine rings is 1. The van der Waals surface area contributed by atoms with Gasteiger partial charge in [-0.1, -0.05) is 13.3 Å². The van der Waals surface area contributed by atoms with Gasteiger partial charge in [-0.25, -0.2) is 0 Å². The van der Waals surface area contributed by atoms with Gasteiger partial charge in [0.25, 0.3) is 0 Å². The maximum atomic E-state index is 5.27. The van der Waals surface area contributed by atoms with E-state index in [1.165, 1.54) is 12.8 Å². The van der Waals surface area contributed by atoms with Crippen LogP contribution in [0.2, 0.25) is 0 Å². The third-order valence-corrected chi connectivity index (χ3v) is 3.01. The van der Waals surface area contributed by atoms with Crippen molar-refractivity contribution in [1.29, 1.82) is 0 Å². The molecule has 1 aromatic rings. The predicted molar refractivity (Wildman–Crippen MR) is 61.3 cm³/mol. The molecule has 1 fully saturated rings. The summed E-state index contributed by atoms with van der Waals surface area (Å²) in [5, 5.41) is 3.51. The fraction of sp³-hybridized carbons (Fsp3) is 0.583. The summed E-state index contributed by atoms with van der Waals surface area (Å²) in [6, 6.07) is 2.68. The van der Waals surface area contributed by atoms with Crippen molar-refractivity contribution in [1.82, 2.24) is 4.98 Å². The van der Waals surface area contributed by atoms with Gasteiger partial charge in [0.2, 0.25) is 0 Å². The number of ether oxygens (including phenoxy) is 1. The molecule has 1 saturated carbocycles. The van der Waals surface area contributed by atoms with E-state index in [4.69, 9.17) is 4.74 Å². The van der Waals surface area contributed by atoms with E-state index in [0.29, 0.717) is 6.04 Å². The van der Waals surface area contributed by atoms with Gasteiger partial charge in [0.15, 0.2) is 5.75 Å². The number of methoxy groups -OCH3 is 1. The Bertz CT molecular complexity index is 351. The molecule has 0 amide bonds. The van der Waals surface area contributed by atoms with Crippen LogP contribution in [-0.2, 0) is 0 Å². The van der Waals surface area contributed by atoms with Crippen LogP contribution in [-0.4, -0.2) is 18.1 Å². The molecule has 2 unspecified atom stereocenters. The molecular weight excluding hydrogens is 188 g/mol. The van der Waals surface area contributed by atoms with Crippen LogP contribution in [0, 0.1) is 12.8 Å². The smallest absolute Gasteiger partial charge is 0.160 e. The van der Waals surface area contributed by atoms with Crippen LogP contribution < -0.4 is 10.1 Å². The van der Waals surface area contributed by atoms with Gasteiger partial charge in [0.05, 0.1) is 19.0 Å². The van der Waals surface area contributed by atoms with Gasteiger partial charge < -0.3 is 10.1 Å². The molecule has 3 heteroatoms. The quantitative estimate of drug-likeness (QED) is 0.822. The summed E-state index contributed by atoms with van der Waals surface area (Å²) < 4.78 is 5.27. The minimum Gasteiger partial charge on any atom is -0.493 e. The van der Waals surface area contributed by atoms with E-state index in [2.05, 4.69) is 17.2 Å². The number of nitrogens with one attached hydrogen (secondary N) is 1. The summed E-state index contributed by atoms with van der Waals surface area (Å²) in [5.41, 5.74) is 2.10. The molecule has 1 aromatic heterocycles. The Balaban J connectivity index is 2.09. The highest BCUT2D eigenvalue weighted by Gasteiger charge is 2.35. The van der Waals surface area contributed by atoms with E-state index in [1.807, 2.05) is 13.0 Å². The zero-order chi connectivity index (χ0) is 10.8. The van der Waals surface area contributed by atoms with E-state index in [1.54, 1.807) is 13.3 Å². The van der Waals surface area contributed by atoms with E-state index in [9.17, 15) is 0 Å². The third kappa shape index (κ3) is 2.22. The lowest BCUT2D eigenvalue weighted by Gasteiger charge is -2.11. The van der Waals surface area contributed by atoms with Gasteiger partial charge in [-0.15, -0.1) is 0 Å². The highest BCUT2D eigenvalue weighted by atomic mass is 16.5. The van der Waals surface area contributed by atoms with Gasteiger partial charge in [-0.05, 0) is 25.3 Å². The lowest BCUT2D eigenvalue weighted by Crippen LogP contribution is -2.06. The highest BCUT2D eigenvalue weighted by Crippen LogP contribution is 2.38. The monoisotopic (exact) mass is 206 g/mol. The van der Waals surface area contributed by atoms with Gasteiger partial charge in [0.1, 0.15) is 0 Å². The molecular formula is C12H18N2O. The lowest BCUT2D eigenvalue weighted by atomic mass is 10.3. The number of anilines is 1. The molecule has 0 aliphatic heterocycles. The maximum absolute atomic E-state index is 5.27. The topological polar surface area (TPSA) is 34.2 Å². The van der Waals surface area contributed by atoms with Crippen molar-refractivity contribution in [3.63, 3.8) is 0 Å². The second-order valence-electron chi connectivity index (χ2n) is 4.18. The van der Waals surface area contributed by atoms with Crippen LogP contribution >= 0.6 is 0 Å². The van der Waals surface area contributed by atoms with Crippen LogP contribution in [0.1, 0.15) is 25.5 Å². The zero-order valence-corrected chi connectivity index (χ0v) is 9.58. The number of aromatic nitrogens is 1. The first kappa shape index (κ1) is 10.3. The number of hydrogen-bond acceptors (Lipinski definition) is 3. The Hall–Kier alpha value is -1.25. The zero-order valence-electron chi connectivity index (χ0n) is 9.58. The van der Waals surface area contributed by atoms with E-state index in [-0.39, 0.29) is 0 Å². The Morgan fingerprint density at radius 2 is 2.40 bits per heavy atom. The lowest BCUT2D eigenvalue weighted by molar-refractivity contribution is 0.414. The molecule has 0 aromatic carbocycles. The Kier molecular flexibility index (Phi) is 2.80. The summed E-state index contributed by atoms with van der Waals surface area (Å²) >= 11 is 0. The van der Waals surface area contributed by atoms with Crippen LogP contribution in [0.15, 0.2) is 12.3 Å². The van der Waals surface area contributed by atoms with E-state index < -0.39 is 0 Å². The molecule has 1 aliphatic carbocycles. The average molecular weight is 206 g/mol. The van der Waals surface area contributed by atoms with E-state index in [0.717, 1.165) is 23.0 Å². The van der Waals surface area contributed by atoms with Gasteiger partial charge >= 0.3 is 0 Å². The molecule has 0 saturated heterocycles. The Morgan fingerprint density at radius 1 is 1.60 bits per heavy atom. The summed E-state index contributed by atoms with van der Waals surface area (Å²) in [6.45, 7) is 4.23. The van der Waals surface area contributed by atoms with Crippen molar-refractivity contribution in [3.05, 3.63) is 18.0 Å². The van der Waals surface area contributed by atoms with Gasteiger partial charge in [0, 0.05) is 11.7 Å². The molecule has 3 nitrogen and oxygen atoms in total. The van der Waals surface area contributed by atoms with Crippen LogP contribution in [0.4, 0.5) is 5.69 Å². The third-order valence-electron chi connectivity index (χ3n) is 3.01. The Labute approximate surface area is 90.9 Å². The SMILES string of the molecule is CCC1CC1Nc1cc(C)ncc1OC. The average Bonchev–Trinajstić information content (AvgIpc) is 2.97. The fourth-order valence-corrected chi connectivity index (χ4v) is 1.90. The summed E-state index contributed by atoms with van der Waals surface area (Å²) in [7, 11) is 1.68. The molecule has 1 heterocycles. The standard InChI is InChI=1S/C12H18N2O/c1-4-9-6-10(9)14-11-5-8(2)13-7-12(11)15-3/h5,7,9-10H,4,6H2,1-3H3,(H,13,14). The first-order valence-corrected chi connectivity index (χ1v) is 5.51. The summed E-state index contributed by atoms with van der Waals surface area (Å²) in [6.07, 6.45) is 4.31. The number of nitrogens with zero attached hydrogens (tertiary/aromatic N) is 1. The molecule has 0 spiro atoms. The normalized spacial score (nSPS) is 23.7. The number of hydrogen-bond donors (Lipinski definition) is 1. The second kappa shape index (κ2) is 4.09. The van der Waals surface area contributed by atoms with Crippen LogP contribution in [0.3, 0.4) is 0 Å². The van der Waals surface area contributed by atoms with Gasteiger partial charge in [-0.3, -0.25) is 4.98 Å². The number of rotatable bonds is 4. The van der Waals surface area contributed by atoms with Crippen molar-refractivity contribution >= 4 is 5.69 Å². The van der Waals surface area contributed by atoms with Crippen molar-refractivity contribution in [3.8, 4) is 5.75 Å². The molecule has 15 heavy (non-hydrogen) atoms. The molecule has 2 rings (SSSR count). The first-order valence-electron chi connectivity index (χ1n) is 5.51. The van der Waals surface area contributed by atoms with Crippen molar-refractivity contribution in [2.45, 2.75) is 32.7 Å². The van der Waals surface area contributed by atoms with Crippen molar-refractivity contribution < 1.29 is 4.74 Å². The predicted octanol–water partition coefficient (Wildman–Crippen LogP) is 2.61. The Morgan fingerprint density at radius 3 is 3.00 bits per heavy atom. The summed E-state index contributed by atoms with van der Waals surface area (Å²) in [5.74, 6) is 1.67. The molecule has 0 radical (unpaired) electrons. The van der Waals surface area contributed by atoms with E-state index >= 15 is 0 Å². The van der Waals surface area contributed by atoms with Crippen LogP contribution in [0.25, 0.3) is 0 Å². The van der Waals surface area contributed by atoms with Crippen LogP contribution in [0.5, 0.6) is 5.75 Å². The fourth-order valence-electron chi connectivity index (χ4n) is 1.90. The molecule has 82 valence electrons. The minimum absolute atomic E-state index is 0.630. The minimum atomic E-state index is 0.630. The van der Waals surface area contributed by atoms with Crippen molar-refractivity contribution in [2.75, 3.05) is 12.4 Å². The van der Waals surface area contributed by atoms with Crippen molar-refractivity contribution in [2.24, 2.45) is 5.92 Å². The molecule has 1 aliphatic rings.